The molecule has 0 unspecified atom stereocenters. The number of nitrogens with one attached hydrogen (secondary N) is 1. The summed E-state index contributed by atoms with van der Waals surface area (Å²) in [4.78, 5) is 2.43. The molecule has 0 aliphatic carbocycles. The molecule has 0 aromatic heterocycles. The average Bonchev–Trinajstić information content (AvgIpc) is 2.27. The van der Waals surface area contributed by atoms with E-state index in [4.69, 9.17) is 0 Å². The van der Waals surface area contributed by atoms with Gasteiger partial charge in [0.1, 0.15) is 0 Å². The minimum atomic E-state index is -3.39. The summed E-state index contributed by atoms with van der Waals surface area (Å²) in [6.07, 6.45) is 0. The van der Waals surface area contributed by atoms with Crippen LogP contribution in [0.2, 0.25) is 0 Å². The van der Waals surface area contributed by atoms with E-state index in [1.54, 1.807) is 6.07 Å². The van der Waals surface area contributed by atoms with E-state index in [9.17, 15) is 8.42 Å². The molecule has 18 heavy (non-hydrogen) atoms. The standard InChI is InChI=1S/C13H22N2O2S/c1-5-15(4)9-8-14-18(16,17)13-7-6-11(2)10-12(13)3/h6-7,10,14H,5,8-9H2,1-4H3. The molecule has 0 amide bonds. The lowest BCUT2D eigenvalue weighted by Gasteiger charge is -2.15. The van der Waals surface area contributed by atoms with Gasteiger partial charge in [-0.25, -0.2) is 13.1 Å². The van der Waals surface area contributed by atoms with E-state index in [-0.39, 0.29) is 0 Å². The monoisotopic (exact) mass is 270 g/mol. The van der Waals surface area contributed by atoms with Crippen molar-refractivity contribution < 1.29 is 8.42 Å². The molecule has 0 saturated carbocycles. The lowest BCUT2D eigenvalue weighted by atomic mass is 10.2. The lowest BCUT2D eigenvalue weighted by Crippen LogP contribution is -2.33. The summed E-state index contributed by atoms with van der Waals surface area (Å²) in [6, 6.07) is 5.36. The van der Waals surface area contributed by atoms with Crippen LogP contribution >= 0.6 is 0 Å². The zero-order valence-corrected chi connectivity index (χ0v) is 12.3. The molecule has 4 nitrogen and oxygen atoms in total. The second-order valence-electron chi connectivity index (χ2n) is 4.56. The second kappa shape index (κ2) is 6.31. The molecular formula is C13H22N2O2S. The third kappa shape index (κ3) is 4.08. The van der Waals surface area contributed by atoms with Crippen molar-refractivity contribution in [1.29, 1.82) is 0 Å². The first-order chi connectivity index (χ1) is 8.36. The molecule has 1 rings (SSSR count). The van der Waals surface area contributed by atoms with Crippen molar-refractivity contribution in [3.63, 3.8) is 0 Å². The van der Waals surface area contributed by atoms with Crippen LogP contribution in [0.1, 0.15) is 18.1 Å². The minimum Gasteiger partial charge on any atom is -0.305 e. The zero-order valence-electron chi connectivity index (χ0n) is 11.5. The van der Waals surface area contributed by atoms with Gasteiger partial charge in [0.2, 0.25) is 10.0 Å². The summed E-state index contributed by atoms with van der Waals surface area (Å²) >= 11 is 0. The van der Waals surface area contributed by atoms with Crippen molar-refractivity contribution in [1.82, 2.24) is 9.62 Å². The summed E-state index contributed by atoms with van der Waals surface area (Å²) in [5, 5.41) is 0. The minimum absolute atomic E-state index is 0.368. The molecular weight excluding hydrogens is 248 g/mol. The van der Waals surface area contributed by atoms with Crippen LogP contribution in [-0.2, 0) is 10.0 Å². The number of aryl methyl sites for hydroxylation is 2. The Morgan fingerprint density at radius 1 is 1.28 bits per heavy atom. The Morgan fingerprint density at radius 3 is 2.50 bits per heavy atom. The van der Waals surface area contributed by atoms with Crippen LogP contribution in [0.4, 0.5) is 0 Å². The Kier molecular flexibility index (Phi) is 5.31. The van der Waals surface area contributed by atoms with Crippen LogP contribution in [-0.4, -0.2) is 40.0 Å². The first kappa shape index (κ1) is 15.1. The Bertz CT molecular complexity index is 498. The van der Waals surface area contributed by atoms with Crippen molar-refractivity contribution >= 4 is 10.0 Å². The molecule has 102 valence electrons. The van der Waals surface area contributed by atoms with Crippen LogP contribution in [0.15, 0.2) is 23.1 Å². The Hall–Kier alpha value is -0.910. The average molecular weight is 270 g/mol. The summed E-state index contributed by atoms with van der Waals surface area (Å²) in [6.45, 7) is 7.86. The van der Waals surface area contributed by atoms with Gasteiger partial charge in [0.05, 0.1) is 4.90 Å². The molecule has 0 fully saturated rings. The summed E-state index contributed by atoms with van der Waals surface area (Å²) in [7, 11) is -1.42. The molecule has 0 atom stereocenters. The number of nitrogens with zero attached hydrogens (tertiary/aromatic N) is 1. The maximum absolute atomic E-state index is 12.1. The molecule has 0 saturated heterocycles. The Balaban J connectivity index is 2.74. The van der Waals surface area contributed by atoms with Gasteiger partial charge in [0.15, 0.2) is 0 Å². The van der Waals surface area contributed by atoms with Crippen LogP contribution in [0, 0.1) is 13.8 Å². The topological polar surface area (TPSA) is 49.4 Å². The van der Waals surface area contributed by atoms with Gasteiger partial charge in [-0.1, -0.05) is 24.6 Å². The highest BCUT2D eigenvalue weighted by Gasteiger charge is 2.15. The maximum atomic E-state index is 12.1. The van der Waals surface area contributed by atoms with Gasteiger partial charge in [-0.15, -0.1) is 0 Å². The summed E-state index contributed by atoms with van der Waals surface area (Å²) in [5.41, 5.74) is 1.85. The van der Waals surface area contributed by atoms with E-state index in [0.29, 0.717) is 18.0 Å². The van der Waals surface area contributed by atoms with Gasteiger partial charge in [-0.2, -0.15) is 0 Å². The normalized spacial score (nSPS) is 12.1. The third-order valence-electron chi connectivity index (χ3n) is 2.95. The fourth-order valence-corrected chi connectivity index (χ4v) is 2.95. The summed E-state index contributed by atoms with van der Waals surface area (Å²) in [5.74, 6) is 0. The highest BCUT2D eigenvalue weighted by atomic mass is 32.2. The smallest absolute Gasteiger partial charge is 0.240 e. The largest absolute Gasteiger partial charge is 0.305 e. The van der Waals surface area contributed by atoms with Gasteiger partial charge in [0, 0.05) is 13.1 Å². The number of sulfonamides is 1. The third-order valence-corrected chi connectivity index (χ3v) is 4.57. The number of benzene rings is 1. The second-order valence-corrected chi connectivity index (χ2v) is 6.30. The predicted molar refractivity (Wildman–Crippen MR) is 74.3 cm³/mol. The lowest BCUT2D eigenvalue weighted by molar-refractivity contribution is 0.358. The first-order valence-corrected chi connectivity index (χ1v) is 7.60. The summed E-state index contributed by atoms with van der Waals surface area (Å²) < 4.78 is 26.8. The van der Waals surface area contributed by atoms with Gasteiger partial charge < -0.3 is 4.90 Å². The molecule has 5 heteroatoms. The number of likely N-dealkylation sites (N-methyl/N-ethyl adjacent to an activating group) is 1. The first-order valence-electron chi connectivity index (χ1n) is 6.12. The van der Waals surface area contributed by atoms with E-state index in [1.165, 1.54) is 0 Å². The quantitative estimate of drug-likeness (QED) is 0.853. The van der Waals surface area contributed by atoms with Gasteiger partial charge in [-0.05, 0) is 39.1 Å². The zero-order chi connectivity index (χ0) is 13.8. The molecule has 0 aliphatic rings. The van der Waals surface area contributed by atoms with E-state index in [0.717, 1.165) is 17.7 Å². The molecule has 0 heterocycles. The van der Waals surface area contributed by atoms with Crippen molar-refractivity contribution in [2.75, 3.05) is 26.7 Å². The highest BCUT2D eigenvalue weighted by Crippen LogP contribution is 2.15. The Labute approximate surface area is 110 Å². The Morgan fingerprint density at radius 2 is 1.94 bits per heavy atom. The number of hydrogen-bond donors (Lipinski definition) is 1. The molecule has 1 N–H and O–H groups in total. The van der Waals surface area contributed by atoms with Gasteiger partial charge in [0.25, 0.3) is 0 Å². The van der Waals surface area contributed by atoms with Crippen molar-refractivity contribution in [2.24, 2.45) is 0 Å². The highest BCUT2D eigenvalue weighted by molar-refractivity contribution is 7.89. The van der Waals surface area contributed by atoms with Crippen LogP contribution in [0.3, 0.4) is 0 Å². The van der Waals surface area contributed by atoms with E-state index < -0.39 is 10.0 Å². The molecule has 1 aromatic rings. The molecule has 0 radical (unpaired) electrons. The predicted octanol–water partition coefficient (Wildman–Crippen LogP) is 1.53. The molecule has 0 aliphatic heterocycles. The fraction of sp³-hybridized carbons (Fsp3) is 0.538. The number of rotatable bonds is 6. The van der Waals surface area contributed by atoms with Gasteiger partial charge in [-0.3, -0.25) is 0 Å². The molecule has 0 bridgehead atoms. The van der Waals surface area contributed by atoms with E-state index in [2.05, 4.69) is 9.62 Å². The fourth-order valence-electron chi connectivity index (χ4n) is 1.71. The van der Waals surface area contributed by atoms with Gasteiger partial charge >= 0.3 is 0 Å². The van der Waals surface area contributed by atoms with Crippen LogP contribution in [0.25, 0.3) is 0 Å². The number of hydrogen-bond acceptors (Lipinski definition) is 3. The SMILES string of the molecule is CCN(C)CCNS(=O)(=O)c1ccc(C)cc1C. The van der Waals surface area contributed by atoms with Crippen LogP contribution in [0.5, 0.6) is 0 Å². The van der Waals surface area contributed by atoms with E-state index in [1.807, 2.05) is 40.0 Å². The van der Waals surface area contributed by atoms with Crippen LogP contribution < -0.4 is 4.72 Å². The van der Waals surface area contributed by atoms with Crippen molar-refractivity contribution in [2.45, 2.75) is 25.7 Å². The molecule has 1 aromatic carbocycles. The molecule has 0 spiro atoms. The maximum Gasteiger partial charge on any atom is 0.240 e. The van der Waals surface area contributed by atoms with Crippen molar-refractivity contribution in [3.8, 4) is 0 Å². The van der Waals surface area contributed by atoms with E-state index >= 15 is 0 Å². The van der Waals surface area contributed by atoms with Crippen molar-refractivity contribution in [3.05, 3.63) is 29.3 Å².